The average molecular weight is 373 g/mol. The quantitative estimate of drug-likeness (QED) is 0.595. The number of rotatable bonds is 6. The van der Waals surface area contributed by atoms with Gasteiger partial charge in [0.2, 0.25) is 0 Å². The van der Waals surface area contributed by atoms with E-state index in [0.29, 0.717) is 22.7 Å². The van der Waals surface area contributed by atoms with E-state index >= 15 is 0 Å². The largest absolute Gasteiger partial charge is 0.504 e. The van der Waals surface area contributed by atoms with E-state index in [-0.39, 0.29) is 5.75 Å². The predicted molar refractivity (Wildman–Crippen MR) is 101 cm³/mol. The van der Waals surface area contributed by atoms with Crippen LogP contribution in [0.15, 0.2) is 24.3 Å². The summed E-state index contributed by atoms with van der Waals surface area (Å²) in [6.07, 6.45) is 1.73. The van der Waals surface area contributed by atoms with Crippen LogP contribution in [0.2, 0.25) is 0 Å². The molecule has 0 bridgehead atoms. The lowest BCUT2D eigenvalue weighted by Gasteiger charge is -2.12. The maximum absolute atomic E-state index is 12.3. The zero-order chi connectivity index (χ0) is 20.1. The molecular weight excluding hydrogens is 350 g/mol. The second-order valence-electron chi connectivity index (χ2n) is 6.00. The molecule has 0 spiro atoms. The molecule has 1 aromatic heterocycles. The number of amides is 1. The minimum Gasteiger partial charge on any atom is -0.504 e. The van der Waals surface area contributed by atoms with Crippen LogP contribution >= 0.6 is 0 Å². The van der Waals surface area contributed by atoms with Crippen LogP contribution in [-0.4, -0.2) is 40.0 Å². The molecule has 27 heavy (non-hydrogen) atoms. The van der Waals surface area contributed by atoms with Crippen molar-refractivity contribution >= 4 is 23.6 Å². The van der Waals surface area contributed by atoms with Crippen LogP contribution in [0.25, 0.3) is 6.08 Å². The maximum atomic E-state index is 12.3. The van der Waals surface area contributed by atoms with Crippen molar-refractivity contribution in [2.45, 2.75) is 26.9 Å². The zero-order valence-electron chi connectivity index (χ0n) is 15.9. The third-order valence-corrected chi connectivity index (χ3v) is 4.04. The molecule has 0 unspecified atom stereocenters. The van der Waals surface area contributed by atoms with Crippen LogP contribution in [0.5, 0.6) is 11.5 Å². The maximum Gasteiger partial charge on any atom is 0.331 e. The van der Waals surface area contributed by atoms with Gasteiger partial charge in [0, 0.05) is 13.1 Å². The average Bonchev–Trinajstić information content (AvgIpc) is 2.87. The minimum atomic E-state index is -0.976. The number of nitrogens with one attached hydrogen (secondary N) is 1. The first-order valence-corrected chi connectivity index (χ1v) is 8.29. The number of ether oxygens (including phenoxy) is 2. The van der Waals surface area contributed by atoms with E-state index in [1.165, 1.54) is 32.3 Å². The van der Waals surface area contributed by atoms with E-state index in [9.17, 15) is 14.7 Å². The Morgan fingerprint density at radius 2 is 2.04 bits per heavy atom. The molecule has 0 radical (unpaired) electrons. The van der Waals surface area contributed by atoms with Crippen LogP contribution in [-0.2, 0) is 21.4 Å². The highest BCUT2D eigenvalue weighted by atomic mass is 16.5. The number of aromatic nitrogens is 2. The topological polar surface area (TPSA) is 103 Å². The molecule has 1 heterocycles. The number of carbonyl (C=O) groups is 2. The molecule has 1 aromatic carbocycles. The summed E-state index contributed by atoms with van der Waals surface area (Å²) in [7, 11) is 3.22. The molecular formula is C19H23N3O5. The van der Waals surface area contributed by atoms with Gasteiger partial charge in [0.25, 0.3) is 5.91 Å². The third-order valence-electron chi connectivity index (χ3n) is 4.04. The summed E-state index contributed by atoms with van der Waals surface area (Å²) in [4.78, 5) is 24.2. The van der Waals surface area contributed by atoms with Gasteiger partial charge >= 0.3 is 5.97 Å². The fraction of sp³-hybridized carbons (Fsp3) is 0.316. The van der Waals surface area contributed by atoms with Crippen LogP contribution in [0.3, 0.4) is 0 Å². The molecule has 1 amide bonds. The molecule has 8 heteroatoms. The molecule has 1 atom stereocenters. The molecule has 0 aliphatic rings. The Labute approximate surface area is 157 Å². The molecule has 0 aliphatic carbocycles. The van der Waals surface area contributed by atoms with Gasteiger partial charge in [-0.15, -0.1) is 0 Å². The number of esters is 1. The van der Waals surface area contributed by atoms with Gasteiger partial charge in [-0.1, -0.05) is 6.07 Å². The molecule has 144 valence electrons. The predicted octanol–water partition coefficient (Wildman–Crippen LogP) is 2.33. The number of nitrogens with zero attached hydrogens (tertiary/aromatic N) is 2. The van der Waals surface area contributed by atoms with Gasteiger partial charge in [-0.05, 0) is 44.5 Å². The van der Waals surface area contributed by atoms with Crippen molar-refractivity contribution in [1.29, 1.82) is 0 Å². The first kappa shape index (κ1) is 20.0. The Morgan fingerprint density at radius 1 is 1.33 bits per heavy atom. The molecule has 0 saturated carbocycles. The van der Waals surface area contributed by atoms with E-state index < -0.39 is 18.0 Å². The van der Waals surface area contributed by atoms with Crippen molar-refractivity contribution in [1.82, 2.24) is 9.78 Å². The lowest BCUT2D eigenvalue weighted by molar-refractivity contribution is -0.148. The van der Waals surface area contributed by atoms with Gasteiger partial charge in [0.1, 0.15) is 0 Å². The van der Waals surface area contributed by atoms with Gasteiger partial charge in [-0.25, -0.2) is 4.79 Å². The molecule has 2 aromatic rings. The van der Waals surface area contributed by atoms with Crippen molar-refractivity contribution < 1.29 is 24.2 Å². The Morgan fingerprint density at radius 3 is 2.63 bits per heavy atom. The zero-order valence-corrected chi connectivity index (χ0v) is 15.9. The van der Waals surface area contributed by atoms with E-state index in [0.717, 1.165) is 5.69 Å². The molecule has 8 nitrogen and oxygen atoms in total. The normalized spacial score (nSPS) is 12.0. The van der Waals surface area contributed by atoms with Gasteiger partial charge in [-0.3, -0.25) is 9.48 Å². The second-order valence-corrected chi connectivity index (χ2v) is 6.00. The molecule has 2 N–H and O–H groups in total. The lowest BCUT2D eigenvalue weighted by Crippen LogP contribution is -2.29. The van der Waals surface area contributed by atoms with Crippen LogP contribution in [0.1, 0.15) is 23.9 Å². The SMILES string of the molecule is COc1cc(/C=C/C(=O)O[C@@H](C)C(=O)Nc2c(C)nn(C)c2C)ccc1O. The smallest absolute Gasteiger partial charge is 0.331 e. The highest BCUT2D eigenvalue weighted by molar-refractivity contribution is 5.97. The molecule has 2 rings (SSSR count). The molecule has 0 aliphatic heterocycles. The highest BCUT2D eigenvalue weighted by Gasteiger charge is 2.20. The summed E-state index contributed by atoms with van der Waals surface area (Å²) in [6.45, 7) is 5.11. The fourth-order valence-electron chi connectivity index (χ4n) is 2.41. The minimum absolute atomic E-state index is 0.00325. The monoisotopic (exact) mass is 373 g/mol. The standard InChI is InChI=1S/C19H23N3O5/c1-11-18(12(2)22(4)21-11)20-19(25)13(3)27-17(24)9-7-14-6-8-15(23)16(10-14)26-5/h6-10,13,23H,1-5H3,(H,20,25)/b9-7+/t13-/m0/s1. The first-order chi connectivity index (χ1) is 12.7. The number of methoxy groups -OCH3 is 1. The second kappa shape index (κ2) is 8.39. The number of benzene rings is 1. The van der Waals surface area contributed by atoms with Crippen molar-refractivity contribution in [2.75, 3.05) is 12.4 Å². The van der Waals surface area contributed by atoms with E-state index in [1.54, 1.807) is 30.8 Å². The van der Waals surface area contributed by atoms with E-state index in [4.69, 9.17) is 9.47 Å². The molecule has 0 saturated heterocycles. The van der Waals surface area contributed by atoms with Gasteiger partial charge < -0.3 is 19.9 Å². The summed E-state index contributed by atoms with van der Waals surface area (Å²) in [5, 5.41) is 16.5. The lowest BCUT2D eigenvalue weighted by atomic mass is 10.2. The van der Waals surface area contributed by atoms with Crippen LogP contribution in [0.4, 0.5) is 5.69 Å². The Balaban J connectivity index is 1.97. The number of phenolic OH excluding ortho intramolecular Hbond substituents is 1. The van der Waals surface area contributed by atoms with Gasteiger partial charge in [-0.2, -0.15) is 5.10 Å². The van der Waals surface area contributed by atoms with Gasteiger partial charge in [0.05, 0.1) is 24.2 Å². The van der Waals surface area contributed by atoms with Crippen molar-refractivity contribution in [3.8, 4) is 11.5 Å². The number of hydrogen-bond acceptors (Lipinski definition) is 6. The summed E-state index contributed by atoms with van der Waals surface area (Å²) in [6, 6.07) is 4.65. The number of aryl methyl sites for hydroxylation is 2. The van der Waals surface area contributed by atoms with Crippen LogP contribution in [0, 0.1) is 13.8 Å². The summed E-state index contributed by atoms with van der Waals surface area (Å²) < 4.78 is 11.8. The summed E-state index contributed by atoms with van der Waals surface area (Å²) in [5.74, 6) is -0.810. The number of phenols is 1. The highest BCUT2D eigenvalue weighted by Crippen LogP contribution is 2.26. The Hall–Kier alpha value is -3.29. The van der Waals surface area contributed by atoms with E-state index in [1.807, 2.05) is 6.92 Å². The van der Waals surface area contributed by atoms with Crippen molar-refractivity contribution in [2.24, 2.45) is 7.05 Å². The summed E-state index contributed by atoms with van der Waals surface area (Å²) >= 11 is 0. The Kier molecular flexibility index (Phi) is 6.23. The van der Waals surface area contributed by atoms with Crippen molar-refractivity contribution in [3.05, 3.63) is 41.2 Å². The number of hydrogen-bond donors (Lipinski definition) is 2. The van der Waals surface area contributed by atoms with Crippen molar-refractivity contribution in [3.63, 3.8) is 0 Å². The molecule has 0 fully saturated rings. The number of anilines is 1. The first-order valence-electron chi connectivity index (χ1n) is 8.29. The number of carbonyl (C=O) groups excluding carboxylic acids is 2. The fourth-order valence-corrected chi connectivity index (χ4v) is 2.41. The van der Waals surface area contributed by atoms with E-state index in [2.05, 4.69) is 10.4 Å². The van der Waals surface area contributed by atoms with Gasteiger partial charge in [0.15, 0.2) is 17.6 Å². The Bertz CT molecular complexity index is 886. The van der Waals surface area contributed by atoms with Crippen LogP contribution < -0.4 is 10.1 Å². The third kappa shape index (κ3) is 4.87. The number of aromatic hydroxyl groups is 1. The summed E-state index contributed by atoms with van der Waals surface area (Å²) in [5.41, 5.74) is 2.74.